The Morgan fingerprint density at radius 3 is 2.53 bits per heavy atom. The standard InChI is InChI=1S/C14H28N2O3/c1-11(2)19-9-8-16(4)10-14(15-3,12-6-7-12)13(17)18-5/h11-12,15H,6-10H2,1-5H3. The molecule has 1 saturated carbocycles. The molecule has 0 bridgehead atoms. The Morgan fingerprint density at radius 1 is 1.47 bits per heavy atom. The molecule has 0 heterocycles. The first kappa shape index (κ1) is 16.4. The topological polar surface area (TPSA) is 50.8 Å². The molecule has 0 aromatic carbocycles. The number of ether oxygens (including phenoxy) is 2. The fraction of sp³-hybridized carbons (Fsp3) is 0.929. The van der Waals surface area contributed by atoms with Crippen molar-refractivity contribution in [3.05, 3.63) is 0 Å². The number of methoxy groups -OCH3 is 1. The third kappa shape index (κ3) is 4.44. The minimum Gasteiger partial charge on any atom is -0.468 e. The van der Waals surface area contributed by atoms with Crippen molar-refractivity contribution in [3.63, 3.8) is 0 Å². The van der Waals surface area contributed by atoms with Crippen LogP contribution in [-0.2, 0) is 14.3 Å². The number of rotatable bonds is 9. The summed E-state index contributed by atoms with van der Waals surface area (Å²) in [5, 5.41) is 3.20. The maximum Gasteiger partial charge on any atom is 0.327 e. The second kappa shape index (κ2) is 7.22. The van der Waals surface area contributed by atoms with E-state index in [0.29, 0.717) is 19.1 Å². The van der Waals surface area contributed by atoms with Crippen LogP contribution >= 0.6 is 0 Å². The lowest BCUT2D eigenvalue weighted by atomic mass is 9.92. The molecule has 1 aliphatic rings. The fourth-order valence-electron chi connectivity index (χ4n) is 2.45. The molecule has 1 rings (SSSR count). The van der Waals surface area contributed by atoms with E-state index < -0.39 is 5.54 Å². The molecule has 1 N–H and O–H groups in total. The van der Waals surface area contributed by atoms with E-state index >= 15 is 0 Å². The molecule has 1 atom stereocenters. The summed E-state index contributed by atoms with van der Waals surface area (Å²) < 4.78 is 10.5. The third-order valence-electron chi connectivity index (χ3n) is 3.71. The van der Waals surface area contributed by atoms with Crippen LogP contribution in [0.1, 0.15) is 26.7 Å². The summed E-state index contributed by atoms with van der Waals surface area (Å²) in [5.41, 5.74) is -0.568. The molecule has 1 unspecified atom stereocenters. The van der Waals surface area contributed by atoms with E-state index in [1.165, 1.54) is 7.11 Å². The molecule has 0 aliphatic heterocycles. The Labute approximate surface area is 116 Å². The highest BCUT2D eigenvalue weighted by atomic mass is 16.5. The van der Waals surface area contributed by atoms with E-state index in [2.05, 4.69) is 10.2 Å². The minimum atomic E-state index is -0.568. The van der Waals surface area contributed by atoms with Crippen LogP contribution < -0.4 is 5.32 Å². The lowest BCUT2D eigenvalue weighted by molar-refractivity contribution is -0.150. The molecular formula is C14H28N2O3. The molecule has 0 aromatic rings. The maximum absolute atomic E-state index is 12.1. The van der Waals surface area contributed by atoms with Crippen molar-refractivity contribution in [2.75, 3.05) is 40.9 Å². The number of carbonyl (C=O) groups is 1. The molecule has 1 fully saturated rings. The summed E-state index contributed by atoms with van der Waals surface area (Å²) in [6.07, 6.45) is 2.42. The number of hydrogen-bond donors (Lipinski definition) is 1. The van der Waals surface area contributed by atoms with Crippen molar-refractivity contribution in [2.24, 2.45) is 5.92 Å². The van der Waals surface area contributed by atoms with E-state index in [9.17, 15) is 4.79 Å². The van der Waals surface area contributed by atoms with Gasteiger partial charge in [0.15, 0.2) is 0 Å². The van der Waals surface area contributed by atoms with E-state index in [4.69, 9.17) is 9.47 Å². The minimum absolute atomic E-state index is 0.158. The highest BCUT2D eigenvalue weighted by molar-refractivity contribution is 5.82. The maximum atomic E-state index is 12.1. The summed E-state index contributed by atoms with van der Waals surface area (Å²) in [6, 6.07) is 0. The van der Waals surface area contributed by atoms with Crippen molar-refractivity contribution in [2.45, 2.75) is 38.3 Å². The van der Waals surface area contributed by atoms with E-state index in [1.807, 2.05) is 27.9 Å². The zero-order valence-electron chi connectivity index (χ0n) is 12.9. The van der Waals surface area contributed by atoms with E-state index in [0.717, 1.165) is 19.4 Å². The fourth-order valence-corrected chi connectivity index (χ4v) is 2.45. The number of esters is 1. The number of hydrogen-bond acceptors (Lipinski definition) is 5. The van der Waals surface area contributed by atoms with Crippen LogP contribution in [0.2, 0.25) is 0 Å². The summed E-state index contributed by atoms with van der Waals surface area (Å²) >= 11 is 0. The smallest absolute Gasteiger partial charge is 0.327 e. The van der Waals surface area contributed by atoms with Crippen LogP contribution in [-0.4, -0.2) is 63.4 Å². The van der Waals surface area contributed by atoms with Gasteiger partial charge < -0.3 is 19.7 Å². The molecule has 5 nitrogen and oxygen atoms in total. The summed E-state index contributed by atoms with van der Waals surface area (Å²) in [5.74, 6) is 0.229. The molecule has 19 heavy (non-hydrogen) atoms. The predicted octanol–water partition coefficient (Wildman–Crippen LogP) is 0.884. The first-order chi connectivity index (χ1) is 8.96. The van der Waals surface area contributed by atoms with Gasteiger partial charge >= 0.3 is 5.97 Å². The van der Waals surface area contributed by atoms with Crippen LogP contribution in [0.3, 0.4) is 0 Å². The van der Waals surface area contributed by atoms with Crippen molar-refractivity contribution in [3.8, 4) is 0 Å². The number of nitrogens with one attached hydrogen (secondary N) is 1. The van der Waals surface area contributed by atoms with Gasteiger partial charge in [-0.3, -0.25) is 0 Å². The van der Waals surface area contributed by atoms with Gasteiger partial charge in [0.05, 0.1) is 19.8 Å². The van der Waals surface area contributed by atoms with Crippen LogP contribution in [0, 0.1) is 5.92 Å². The Morgan fingerprint density at radius 2 is 2.11 bits per heavy atom. The average molecular weight is 272 g/mol. The van der Waals surface area contributed by atoms with Crippen LogP contribution in [0.4, 0.5) is 0 Å². The van der Waals surface area contributed by atoms with Crippen molar-refractivity contribution in [1.29, 1.82) is 0 Å². The molecule has 5 heteroatoms. The Kier molecular flexibility index (Phi) is 6.23. The number of likely N-dealkylation sites (N-methyl/N-ethyl adjacent to an activating group) is 2. The second-order valence-electron chi connectivity index (χ2n) is 5.64. The highest BCUT2D eigenvalue weighted by Crippen LogP contribution is 2.40. The first-order valence-corrected chi connectivity index (χ1v) is 7.03. The summed E-state index contributed by atoms with van der Waals surface area (Å²) in [6.45, 7) is 6.19. The summed E-state index contributed by atoms with van der Waals surface area (Å²) in [7, 11) is 5.31. The van der Waals surface area contributed by atoms with Crippen LogP contribution in [0.25, 0.3) is 0 Å². The molecule has 0 aromatic heterocycles. The van der Waals surface area contributed by atoms with Crippen molar-refractivity contribution < 1.29 is 14.3 Å². The predicted molar refractivity (Wildman–Crippen MR) is 75.1 cm³/mol. The Hall–Kier alpha value is -0.650. The van der Waals surface area contributed by atoms with E-state index in [-0.39, 0.29) is 12.1 Å². The normalized spacial score (nSPS) is 18.7. The number of nitrogens with zero attached hydrogens (tertiary/aromatic N) is 1. The second-order valence-corrected chi connectivity index (χ2v) is 5.64. The van der Waals surface area contributed by atoms with Gasteiger partial charge in [-0.05, 0) is 46.7 Å². The Bertz CT molecular complexity index is 292. The van der Waals surface area contributed by atoms with Gasteiger partial charge in [-0.25, -0.2) is 4.79 Å². The molecule has 0 saturated heterocycles. The quantitative estimate of drug-likeness (QED) is 0.632. The first-order valence-electron chi connectivity index (χ1n) is 7.03. The van der Waals surface area contributed by atoms with Gasteiger partial charge in [0.25, 0.3) is 0 Å². The molecule has 112 valence electrons. The van der Waals surface area contributed by atoms with Crippen molar-refractivity contribution >= 4 is 5.97 Å². The highest BCUT2D eigenvalue weighted by Gasteiger charge is 2.51. The largest absolute Gasteiger partial charge is 0.468 e. The van der Waals surface area contributed by atoms with Gasteiger partial charge in [0.1, 0.15) is 5.54 Å². The average Bonchev–Trinajstić information content (AvgIpc) is 3.19. The lowest BCUT2D eigenvalue weighted by Gasteiger charge is -2.34. The molecular weight excluding hydrogens is 244 g/mol. The van der Waals surface area contributed by atoms with Crippen molar-refractivity contribution in [1.82, 2.24) is 10.2 Å². The van der Waals surface area contributed by atoms with Gasteiger partial charge in [-0.2, -0.15) is 0 Å². The summed E-state index contributed by atoms with van der Waals surface area (Å²) in [4.78, 5) is 14.3. The van der Waals surface area contributed by atoms with Gasteiger partial charge in [-0.1, -0.05) is 0 Å². The molecule has 1 aliphatic carbocycles. The van der Waals surface area contributed by atoms with E-state index in [1.54, 1.807) is 0 Å². The molecule has 0 radical (unpaired) electrons. The zero-order chi connectivity index (χ0) is 14.5. The Balaban J connectivity index is 2.54. The number of carbonyl (C=O) groups excluding carboxylic acids is 1. The lowest BCUT2D eigenvalue weighted by Crippen LogP contribution is -2.59. The SMILES string of the molecule is CNC(CN(C)CCOC(C)C)(C(=O)OC)C1CC1. The molecule has 0 spiro atoms. The van der Waals surface area contributed by atoms with Gasteiger partial charge in [-0.15, -0.1) is 0 Å². The van der Waals surface area contributed by atoms with Gasteiger partial charge in [0.2, 0.25) is 0 Å². The molecule has 0 amide bonds. The monoisotopic (exact) mass is 272 g/mol. The van der Waals surface area contributed by atoms with Crippen LogP contribution in [0.15, 0.2) is 0 Å². The van der Waals surface area contributed by atoms with Crippen LogP contribution in [0.5, 0.6) is 0 Å². The van der Waals surface area contributed by atoms with Gasteiger partial charge in [0, 0.05) is 13.1 Å². The third-order valence-corrected chi connectivity index (χ3v) is 3.71. The zero-order valence-corrected chi connectivity index (χ0v) is 12.9.